The fourth-order valence-electron chi connectivity index (χ4n) is 3.03. The molecular weight excluding hydrogens is 302 g/mol. The smallest absolute Gasteiger partial charge is 0.251 e. The van der Waals surface area contributed by atoms with Gasteiger partial charge in [0.2, 0.25) is 0 Å². The molecular formula is C19H23N3O2. The second-order valence-corrected chi connectivity index (χ2v) is 6.13. The fourth-order valence-corrected chi connectivity index (χ4v) is 3.03. The number of likely N-dealkylation sites (tertiary alicyclic amines) is 1. The van der Waals surface area contributed by atoms with Crippen molar-refractivity contribution >= 4 is 12.0 Å². The van der Waals surface area contributed by atoms with Crippen LogP contribution >= 0.6 is 0 Å². The third-order valence-corrected chi connectivity index (χ3v) is 4.29. The van der Waals surface area contributed by atoms with E-state index in [0.717, 1.165) is 38.4 Å². The Kier molecular flexibility index (Phi) is 5.80. The van der Waals surface area contributed by atoms with Gasteiger partial charge in [-0.2, -0.15) is 0 Å². The number of nitrogens with one attached hydrogen (secondary N) is 1. The van der Waals surface area contributed by atoms with E-state index in [1.165, 1.54) is 6.42 Å². The SMILES string of the molecule is O=C(NCC1CCCN(CC=Cc2ccco2)C1)c1ccncc1. The van der Waals surface area contributed by atoms with Crippen LogP contribution in [0.2, 0.25) is 0 Å². The molecule has 1 aliphatic rings. The number of hydrogen-bond acceptors (Lipinski definition) is 4. The molecule has 1 saturated heterocycles. The van der Waals surface area contributed by atoms with Crippen molar-refractivity contribution in [2.24, 2.45) is 5.92 Å². The van der Waals surface area contributed by atoms with Crippen LogP contribution in [-0.2, 0) is 0 Å². The average molecular weight is 325 g/mol. The van der Waals surface area contributed by atoms with E-state index in [1.807, 2.05) is 18.2 Å². The summed E-state index contributed by atoms with van der Waals surface area (Å²) < 4.78 is 5.29. The molecule has 0 bridgehead atoms. The van der Waals surface area contributed by atoms with E-state index >= 15 is 0 Å². The van der Waals surface area contributed by atoms with E-state index in [4.69, 9.17) is 4.42 Å². The first-order valence-corrected chi connectivity index (χ1v) is 8.42. The molecule has 1 unspecified atom stereocenters. The Bertz CT molecular complexity index is 653. The topological polar surface area (TPSA) is 58.4 Å². The Morgan fingerprint density at radius 2 is 2.25 bits per heavy atom. The molecule has 1 N–H and O–H groups in total. The summed E-state index contributed by atoms with van der Waals surface area (Å²) in [4.78, 5) is 18.5. The lowest BCUT2D eigenvalue weighted by atomic mass is 9.98. The predicted molar refractivity (Wildman–Crippen MR) is 93.5 cm³/mol. The molecule has 2 aromatic heterocycles. The van der Waals surface area contributed by atoms with Crippen molar-refractivity contribution in [2.45, 2.75) is 12.8 Å². The number of piperidine rings is 1. The molecule has 1 atom stereocenters. The van der Waals surface area contributed by atoms with Crippen molar-refractivity contribution in [1.82, 2.24) is 15.2 Å². The average Bonchev–Trinajstić information content (AvgIpc) is 3.14. The molecule has 3 rings (SSSR count). The third-order valence-electron chi connectivity index (χ3n) is 4.29. The van der Waals surface area contributed by atoms with E-state index in [1.54, 1.807) is 30.8 Å². The van der Waals surface area contributed by atoms with Gasteiger partial charge in [0.15, 0.2) is 0 Å². The van der Waals surface area contributed by atoms with Gasteiger partial charge in [0.1, 0.15) is 5.76 Å². The summed E-state index contributed by atoms with van der Waals surface area (Å²) in [5.74, 6) is 1.36. The molecule has 1 aliphatic heterocycles. The minimum Gasteiger partial charge on any atom is -0.465 e. The van der Waals surface area contributed by atoms with Gasteiger partial charge in [0.25, 0.3) is 5.91 Å². The zero-order chi connectivity index (χ0) is 16.6. The molecule has 24 heavy (non-hydrogen) atoms. The maximum Gasteiger partial charge on any atom is 0.251 e. The highest BCUT2D eigenvalue weighted by molar-refractivity contribution is 5.93. The first kappa shape index (κ1) is 16.5. The van der Waals surface area contributed by atoms with Crippen LogP contribution in [0.3, 0.4) is 0 Å². The second kappa shape index (κ2) is 8.45. The van der Waals surface area contributed by atoms with Crippen molar-refractivity contribution < 1.29 is 9.21 Å². The fraction of sp³-hybridized carbons (Fsp3) is 0.368. The van der Waals surface area contributed by atoms with Gasteiger partial charge < -0.3 is 9.73 Å². The molecule has 1 fully saturated rings. The standard InChI is InChI=1S/C19H23N3O2/c23-19(17-7-9-20-10-8-17)21-14-16-4-1-11-22(15-16)12-2-5-18-6-3-13-24-18/h2-3,5-10,13,16H,1,4,11-12,14-15H2,(H,21,23). The van der Waals surface area contributed by atoms with Crippen LogP contribution in [0.1, 0.15) is 29.0 Å². The van der Waals surface area contributed by atoms with Gasteiger partial charge in [-0.25, -0.2) is 0 Å². The highest BCUT2D eigenvalue weighted by Gasteiger charge is 2.19. The molecule has 3 heterocycles. The highest BCUT2D eigenvalue weighted by Crippen LogP contribution is 2.16. The van der Waals surface area contributed by atoms with Crippen LogP contribution in [0.15, 0.2) is 53.4 Å². The van der Waals surface area contributed by atoms with Crippen molar-refractivity contribution in [3.8, 4) is 0 Å². The summed E-state index contributed by atoms with van der Waals surface area (Å²) in [7, 11) is 0. The van der Waals surface area contributed by atoms with Crippen molar-refractivity contribution in [3.05, 3.63) is 60.3 Å². The molecule has 0 radical (unpaired) electrons. The van der Waals surface area contributed by atoms with Crippen LogP contribution < -0.4 is 5.32 Å². The first-order chi connectivity index (χ1) is 11.8. The predicted octanol–water partition coefficient (Wildman–Crippen LogP) is 2.83. The second-order valence-electron chi connectivity index (χ2n) is 6.13. The zero-order valence-electron chi connectivity index (χ0n) is 13.7. The van der Waals surface area contributed by atoms with Gasteiger partial charge in [0.05, 0.1) is 6.26 Å². The number of pyridine rings is 1. The third kappa shape index (κ3) is 4.80. The Hall–Kier alpha value is -2.40. The number of hydrogen-bond donors (Lipinski definition) is 1. The Balaban J connectivity index is 1.43. The molecule has 5 nitrogen and oxygen atoms in total. The Labute approximate surface area is 142 Å². The minimum atomic E-state index is -0.0211. The number of rotatable bonds is 6. The van der Waals surface area contributed by atoms with E-state index in [2.05, 4.69) is 21.3 Å². The summed E-state index contributed by atoms with van der Waals surface area (Å²) in [6, 6.07) is 7.32. The zero-order valence-corrected chi connectivity index (χ0v) is 13.7. The Morgan fingerprint density at radius 3 is 3.04 bits per heavy atom. The molecule has 2 aromatic rings. The van der Waals surface area contributed by atoms with Crippen LogP contribution in [0.4, 0.5) is 0 Å². The quantitative estimate of drug-likeness (QED) is 0.887. The summed E-state index contributed by atoms with van der Waals surface area (Å²) in [6.45, 7) is 3.76. The molecule has 1 amide bonds. The van der Waals surface area contributed by atoms with Crippen molar-refractivity contribution in [2.75, 3.05) is 26.2 Å². The summed E-state index contributed by atoms with van der Waals surface area (Å²) >= 11 is 0. The number of amides is 1. The summed E-state index contributed by atoms with van der Waals surface area (Å²) in [5, 5.41) is 3.04. The van der Waals surface area contributed by atoms with Gasteiger partial charge >= 0.3 is 0 Å². The van der Waals surface area contributed by atoms with Gasteiger partial charge in [-0.05, 0) is 55.6 Å². The number of aromatic nitrogens is 1. The van der Waals surface area contributed by atoms with Gasteiger partial charge in [-0.3, -0.25) is 14.7 Å². The number of furan rings is 1. The lowest BCUT2D eigenvalue weighted by Crippen LogP contribution is -2.40. The van der Waals surface area contributed by atoms with E-state index in [0.29, 0.717) is 11.5 Å². The van der Waals surface area contributed by atoms with Crippen LogP contribution in [-0.4, -0.2) is 42.0 Å². The molecule has 0 aliphatic carbocycles. The molecule has 0 aromatic carbocycles. The van der Waals surface area contributed by atoms with E-state index in [-0.39, 0.29) is 5.91 Å². The lowest BCUT2D eigenvalue weighted by Gasteiger charge is -2.32. The van der Waals surface area contributed by atoms with E-state index < -0.39 is 0 Å². The van der Waals surface area contributed by atoms with Crippen molar-refractivity contribution in [3.63, 3.8) is 0 Å². The minimum absolute atomic E-state index is 0.0211. The normalized spacial score (nSPS) is 18.8. The first-order valence-electron chi connectivity index (χ1n) is 8.42. The van der Waals surface area contributed by atoms with Crippen LogP contribution in [0.25, 0.3) is 6.08 Å². The molecule has 126 valence electrons. The molecule has 5 heteroatoms. The summed E-state index contributed by atoms with van der Waals surface area (Å²) in [5.41, 5.74) is 0.666. The van der Waals surface area contributed by atoms with Crippen LogP contribution in [0, 0.1) is 5.92 Å². The number of nitrogens with zero attached hydrogens (tertiary/aromatic N) is 2. The summed E-state index contributed by atoms with van der Waals surface area (Å²) in [6.07, 6.45) is 11.4. The highest BCUT2D eigenvalue weighted by atomic mass is 16.3. The largest absolute Gasteiger partial charge is 0.465 e. The number of carbonyl (C=O) groups excluding carboxylic acids is 1. The maximum atomic E-state index is 12.1. The van der Waals surface area contributed by atoms with Crippen molar-refractivity contribution in [1.29, 1.82) is 0 Å². The maximum absolute atomic E-state index is 12.1. The molecule has 0 spiro atoms. The number of carbonyl (C=O) groups is 1. The van der Waals surface area contributed by atoms with Gasteiger partial charge in [0, 0.05) is 37.6 Å². The van der Waals surface area contributed by atoms with Gasteiger partial charge in [-0.15, -0.1) is 0 Å². The van der Waals surface area contributed by atoms with Crippen LogP contribution in [0.5, 0.6) is 0 Å². The molecule has 0 saturated carbocycles. The van der Waals surface area contributed by atoms with E-state index in [9.17, 15) is 4.79 Å². The monoisotopic (exact) mass is 325 g/mol. The Morgan fingerprint density at radius 1 is 1.38 bits per heavy atom. The van der Waals surface area contributed by atoms with Gasteiger partial charge in [-0.1, -0.05) is 6.08 Å². The lowest BCUT2D eigenvalue weighted by molar-refractivity contribution is 0.0934.